The van der Waals surface area contributed by atoms with E-state index in [-0.39, 0.29) is 11.6 Å². The van der Waals surface area contributed by atoms with Crippen LogP contribution in [0.4, 0.5) is 5.13 Å². The van der Waals surface area contributed by atoms with E-state index in [1.165, 1.54) is 29.9 Å². The van der Waals surface area contributed by atoms with Crippen LogP contribution in [-0.4, -0.2) is 26.1 Å². The van der Waals surface area contributed by atoms with Gasteiger partial charge in [-0.25, -0.2) is 4.98 Å². The molecule has 82 valence electrons. The van der Waals surface area contributed by atoms with Crippen molar-refractivity contribution in [2.24, 2.45) is 5.73 Å². The highest BCUT2D eigenvalue weighted by atomic mass is 32.1. The molecule has 7 nitrogen and oxygen atoms in total. The third-order valence-electron chi connectivity index (χ3n) is 1.66. The maximum absolute atomic E-state index is 11.6. The van der Waals surface area contributed by atoms with E-state index in [1.54, 1.807) is 0 Å². The van der Waals surface area contributed by atoms with Crippen molar-refractivity contribution in [3.63, 3.8) is 0 Å². The molecule has 1 amide bonds. The van der Waals surface area contributed by atoms with E-state index >= 15 is 0 Å². The Bertz CT molecular complexity index is 484. The minimum absolute atomic E-state index is 0.229. The van der Waals surface area contributed by atoms with E-state index in [0.717, 1.165) is 0 Å². The Morgan fingerprint density at radius 1 is 1.44 bits per heavy atom. The summed E-state index contributed by atoms with van der Waals surface area (Å²) >= 11 is 1.23. The molecular weight excluding hydrogens is 228 g/mol. The number of hydrogen-bond acceptors (Lipinski definition) is 7. The SMILES string of the molecule is NCc1nnc(NC(=O)c2cnccn2)s1. The summed E-state index contributed by atoms with van der Waals surface area (Å²) in [6.07, 6.45) is 4.31. The predicted molar refractivity (Wildman–Crippen MR) is 57.8 cm³/mol. The number of nitrogens with two attached hydrogens (primary N) is 1. The van der Waals surface area contributed by atoms with Crippen LogP contribution in [0.25, 0.3) is 0 Å². The van der Waals surface area contributed by atoms with Gasteiger partial charge in [0, 0.05) is 18.9 Å². The van der Waals surface area contributed by atoms with Crippen molar-refractivity contribution < 1.29 is 4.79 Å². The van der Waals surface area contributed by atoms with Crippen LogP contribution in [0.5, 0.6) is 0 Å². The van der Waals surface area contributed by atoms with Gasteiger partial charge in [0.1, 0.15) is 10.7 Å². The molecule has 0 aliphatic carbocycles. The monoisotopic (exact) mass is 236 g/mol. The van der Waals surface area contributed by atoms with Gasteiger partial charge in [-0.2, -0.15) is 0 Å². The lowest BCUT2D eigenvalue weighted by Gasteiger charge is -1.98. The Morgan fingerprint density at radius 2 is 2.31 bits per heavy atom. The van der Waals surface area contributed by atoms with Crippen molar-refractivity contribution in [1.29, 1.82) is 0 Å². The molecule has 0 unspecified atom stereocenters. The van der Waals surface area contributed by atoms with Gasteiger partial charge in [-0.05, 0) is 0 Å². The van der Waals surface area contributed by atoms with Crippen LogP contribution in [0, 0.1) is 0 Å². The number of nitrogens with zero attached hydrogens (tertiary/aromatic N) is 4. The van der Waals surface area contributed by atoms with E-state index in [1.807, 2.05) is 0 Å². The third kappa shape index (κ3) is 2.35. The number of carbonyl (C=O) groups excluding carboxylic acids is 1. The van der Waals surface area contributed by atoms with Crippen molar-refractivity contribution in [1.82, 2.24) is 20.2 Å². The molecule has 8 heteroatoms. The number of anilines is 1. The molecule has 0 radical (unpaired) electrons. The van der Waals surface area contributed by atoms with Crippen molar-refractivity contribution >= 4 is 22.4 Å². The fourth-order valence-electron chi connectivity index (χ4n) is 0.964. The van der Waals surface area contributed by atoms with Crippen LogP contribution >= 0.6 is 11.3 Å². The molecule has 0 spiro atoms. The van der Waals surface area contributed by atoms with E-state index in [4.69, 9.17) is 5.73 Å². The summed E-state index contributed by atoms with van der Waals surface area (Å²) in [5.74, 6) is -0.368. The standard InChI is InChI=1S/C8H8N6OS/c9-3-6-13-14-8(16-6)12-7(15)5-4-10-1-2-11-5/h1-2,4H,3,9H2,(H,12,14,15). The molecule has 2 heterocycles. The maximum atomic E-state index is 11.6. The highest BCUT2D eigenvalue weighted by Crippen LogP contribution is 2.14. The van der Waals surface area contributed by atoms with E-state index in [2.05, 4.69) is 25.5 Å². The Labute approximate surface area is 94.8 Å². The fraction of sp³-hybridized carbons (Fsp3) is 0.125. The van der Waals surface area contributed by atoms with Gasteiger partial charge in [-0.3, -0.25) is 15.1 Å². The van der Waals surface area contributed by atoms with Gasteiger partial charge < -0.3 is 5.73 Å². The summed E-state index contributed by atoms with van der Waals surface area (Å²) in [6, 6.07) is 0. The lowest BCUT2D eigenvalue weighted by Crippen LogP contribution is -2.13. The Morgan fingerprint density at radius 3 is 2.94 bits per heavy atom. The first-order chi connectivity index (χ1) is 7.79. The van der Waals surface area contributed by atoms with Gasteiger partial charge >= 0.3 is 0 Å². The highest BCUT2D eigenvalue weighted by Gasteiger charge is 2.10. The maximum Gasteiger partial charge on any atom is 0.277 e. The van der Waals surface area contributed by atoms with E-state index in [9.17, 15) is 4.79 Å². The van der Waals surface area contributed by atoms with Crippen LogP contribution in [-0.2, 0) is 6.54 Å². The first-order valence-corrected chi connectivity index (χ1v) is 5.21. The van der Waals surface area contributed by atoms with Crippen LogP contribution in [0.2, 0.25) is 0 Å². The first kappa shape index (κ1) is 10.6. The number of aromatic nitrogens is 4. The third-order valence-corrected chi connectivity index (χ3v) is 2.52. The van der Waals surface area contributed by atoms with Crippen LogP contribution in [0.3, 0.4) is 0 Å². The second-order valence-corrected chi connectivity index (χ2v) is 3.81. The van der Waals surface area contributed by atoms with Gasteiger partial charge in [-0.1, -0.05) is 11.3 Å². The normalized spacial score (nSPS) is 10.1. The fourth-order valence-corrected chi connectivity index (χ4v) is 1.58. The van der Waals surface area contributed by atoms with E-state index < -0.39 is 0 Å². The molecule has 0 fully saturated rings. The zero-order valence-corrected chi connectivity index (χ0v) is 8.94. The summed E-state index contributed by atoms with van der Waals surface area (Å²) in [6.45, 7) is 0.304. The molecule has 0 atom stereocenters. The summed E-state index contributed by atoms with van der Waals surface area (Å²) < 4.78 is 0. The predicted octanol–water partition coefficient (Wildman–Crippen LogP) is 0.0391. The molecule has 0 saturated carbocycles. The zero-order chi connectivity index (χ0) is 11.4. The van der Waals surface area contributed by atoms with Gasteiger partial charge in [0.25, 0.3) is 5.91 Å². The number of amides is 1. The zero-order valence-electron chi connectivity index (χ0n) is 8.12. The summed E-state index contributed by atoms with van der Waals surface area (Å²) in [5, 5.41) is 11.2. The summed E-state index contributed by atoms with van der Waals surface area (Å²) in [7, 11) is 0. The smallest absolute Gasteiger partial charge is 0.277 e. The highest BCUT2D eigenvalue weighted by molar-refractivity contribution is 7.15. The molecule has 3 N–H and O–H groups in total. The van der Waals surface area contributed by atoms with Crippen molar-refractivity contribution in [2.75, 3.05) is 5.32 Å². The molecule has 0 aromatic carbocycles. The van der Waals surface area contributed by atoms with Crippen molar-refractivity contribution in [3.8, 4) is 0 Å². The molecule has 16 heavy (non-hydrogen) atoms. The number of rotatable bonds is 3. The quantitative estimate of drug-likeness (QED) is 0.779. The lowest BCUT2D eigenvalue weighted by atomic mass is 10.4. The number of hydrogen-bond donors (Lipinski definition) is 2. The van der Waals surface area contributed by atoms with Crippen molar-refractivity contribution in [3.05, 3.63) is 29.3 Å². The van der Waals surface area contributed by atoms with Crippen LogP contribution in [0.15, 0.2) is 18.6 Å². The molecule has 0 bridgehead atoms. The summed E-state index contributed by atoms with van der Waals surface area (Å²) in [5.41, 5.74) is 5.61. The number of carbonyl (C=O) groups is 1. The van der Waals surface area contributed by atoms with Crippen LogP contribution in [0.1, 0.15) is 15.5 Å². The van der Waals surface area contributed by atoms with Crippen molar-refractivity contribution in [2.45, 2.75) is 6.54 Å². The van der Waals surface area contributed by atoms with E-state index in [0.29, 0.717) is 16.7 Å². The lowest BCUT2D eigenvalue weighted by molar-refractivity contribution is 0.102. The number of nitrogens with one attached hydrogen (secondary N) is 1. The largest absolute Gasteiger partial charge is 0.324 e. The Kier molecular flexibility index (Phi) is 3.13. The molecule has 0 aliphatic rings. The Hall–Kier alpha value is -1.93. The molecule has 2 aromatic heterocycles. The second-order valence-electron chi connectivity index (χ2n) is 2.75. The topological polar surface area (TPSA) is 107 Å². The Balaban J connectivity index is 2.08. The van der Waals surface area contributed by atoms with Crippen LogP contribution < -0.4 is 11.1 Å². The molecule has 0 aliphatic heterocycles. The molecule has 2 rings (SSSR count). The molecule has 2 aromatic rings. The van der Waals surface area contributed by atoms with Gasteiger partial charge in [-0.15, -0.1) is 10.2 Å². The summed E-state index contributed by atoms with van der Waals surface area (Å²) in [4.78, 5) is 19.3. The first-order valence-electron chi connectivity index (χ1n) is 4.39. The average molecular weight is 236 g/mol. The van der Waals surface area contributed by atoms with Gasteiger partial charge in [0.2, 0.25) is 5.13 Å². The average Bonchev–Trinajstić information content (AvgIpc) is 2.78. The van der Waals surface area contributed by atoms with Gasteiger partial charge in [0.05, 0.1) is 6.20 Å². The molecule has 0 saturated heterocycles. The molecular formula is C8H8N6OS. The van der Waals surface area contributed by atoms with Gasteiger partial charge in [0.15, 0.2) is 0 Å². The minimum Gasteiger partial charge on any atom is -0.324 e. The second kappa shape index (κ2) is 4.73. The minimum atomic E-state index is -0.368.